The second kappa shape index (κ2) is 6.89. The first-order valence-electron chi connectivity index (χ1n) is 8.10. The van der Waals surface area contributed by atoms with Crippen molar-refractivity contribution < 1.29 is 9.18 Å². The number of halogens is 1. The van der Waals surface area contributed by atoms with Crippen LogP contribution in [0.4, 0.5) is 4.39 Å². The molecule has 3 rings (SSSR count). The number of nitrogens with zero attached hydrogens (tertiary/aromatic N) is 4. The van der Waals surface area contributed by atoms with Crippen molar-refractivity contribution in [3.63, 3.8) is 0 Å². The Balaban J connectivity index is 1.69. The quantitative estimate of drug-likeness (QED) is 0.789. The molecular weight excluding hydrogens is 295 g/mol. The highest BCUT2D eigenvalue weighted by Gasteiger charge is 2.28. The number of carbonyl (C=O) groups is 1. The zero-order chi connectivity index (χ0) is 16.2. The van der Waals surface area contributed by atoms with Crippen molar-refractivity contribution in [2.24, 2.45) is 5.92 Å². The van der Waals surface area contributed by atoms with Crippen molar-refractivity contribution in [1.29, 1.82) is 0 Å². The number of aromatic nitrogens is 3. The van der Waals surface area contributed by atoms with E-state index in [1.54, 1.807) is 24.4 Å². The summed E-state index contributed by atoms with van der Waals surface area (Å²) in [5.74, 6) is 0.273. The zero-order valence-electron chi connectivity index (χ0n) is 13.3. The Morgan fingerprint density at radius 2 is 2.17 bits per heavy atom. The van der Waals surface area contributed by atoms with Gasteiger partial charge in [0.25, 0.3) is 5.91 Å². The second-order valence-electron chi connectivity index (χ2n) is 6.09. The Bertz CT molecular complexity index is 681. The van der Waals surface area contributed by atoms with Gasteiger partial charge in [-0.15, -0.1) is 5.10 Å². The van der Waals surface area contributed by atoms with Crippen molar-refractivity contribution in [3.8, 4) is 0 Å². The SMILES string of the molecule is CCCN(CC1CC1)C(=O)c1cn(Cc2ccccc2F)nn1. The predicted octanol–water partition coefficient (Wildman–Crippen LogP) is 2.73. The molecule has 23 heavy (non-hydrogen) atoms. The van der Waals surface area contributed by atoms with Gasteiger partial charge in [-0.25, -0.2) is 9.07 Å². The monoisotopic (exact) mass is 316 g/mol. The molecule has 0 bridgehead atoms. The van der Waals surface area contributed by atoms with Gasteiger partial charge in [-0.3, -0.25) is 4.79 Å². The minimum atomic E-state index is -0.280. The van der Waals surface area contributed by atoms with E-state index in [1.807, 2.05) is 4.90 Å². The normalized spacial score (nSPS) is 14.0. The van der Waals surface area contributed by atoms with Crippen molar-refractivity contribution in [1.82, 2.24) is 19.9 Å². The van der Waals surface area contributed by atoms with Crippen LogP contribution in [0.15, 0.2) is 30.5 Å². The Labute approximate surface area is 135 Å². The number of rotatable bonds is 7. The van der Waals surface area contributed by atoms with Gasteiger partial charge in [0.2, 0.25) is 0 Å². The number of carbonyl (C=O) groups excluding carboxylic acids is 1. The summed E-state index contributed by atoms with van der Waals surface area (Å²) < 4.78 is 15.2. The fraction of sp³-hybridized carbons (Fsp3) is 0.471. The standard InChI is InChI=1S/C17H21FN4O/c1-2-9-21(10-13-7-8-13)17(23)16-12-22(20-19-16)11-14-5-3-4-6-15(14)18/h3-6,12-13H,2,7-11H2,1H3. The van der Waals surface area contributed by atoms with Gasteiger partial charge in [0.15, 0.2) is 5.69 Å². The lowest BCUT2D eigenvalue weighted by Crippen LogP contribution is -2.33. The minimum Gasteiger partial charge on any atom is -0.337 e. The molecule has 0 spiro atoms. The fourth-order valence-corrected chi connectivity index (χ4v) is 2.59. The number of amides is 1. The first-order chi connectivity index (χ1) is 11.2. The fourth-order valence-electron chi connectivity index (χ4n) is 2.59. The molecule has 0 radical (unpaired) electrons. The maximum atomic E-state index is 13.7. The molecule has 122 valence electrons. The summed E-state index contributed by atoms with van der Waals surface area (Å²) in [5.41, 5.74) is 0.857. The third-order valence-electron chi connectivity index (χ3n) is 4.00. The Kier molecular flexibility index (Phi) is 4.69. The van der Waals surface area contributed by atoms with E-state index in [2.05, 4.69) is 17.2 Å². The van der Waals surface area contributed by atoms with Crippen LogP contribution < -0.4 is 0 Å². The van der Waals surface area contributed by atoms with Gasteiger partial charge in [0.1, 0.15) is 5.82 Å². The molecule has 2 aromatic rings. The predicted molar refractivity (Wildman–Crippen MR) is 84.4 cm³/mol. The molecule has 1 amide bonds. The highest BCUT2D eigenvalue weighted by molar-refractivity contribution is 5.91. The average Bonchev–Trinajstić information content (AvgIpc) is 3.24. The Morgan fingerprint density at radius 1 is 1.39 bits per heavy atom. The summed E-state index contributed by atoms with van der Waals surface area (Å²) in [6, 6.07) is 6.54. The summed E-state index contributed by atoms with van der Waals surface area (Å²) in [4.78, 5) is 14.4. The van der Waals surface area contributed by atoms with Gasteiger partial charge in [-0.2, -0.15) is 0 Å². The molecule has 1 saturated carbocycles. The van der Waals surface area contributed by atoms with E-state index in [0.717, 1.165) is 19.5 Å². The van der Waals surface area contributed by atoms with Gasteiger partial charge in [0, 0.05) is 18.7 Å². The van der Waals surface area contributed by atoms with Crippen LogP contribution in [0.25, 0.3) is 0 Å². The Hall–Kier alpha value is -2.24. The average molecular weight is 316 g/mol. The van der Waals surface area contributed by atoms with Crippen molar-refractivity contribution in [2.75, 3.05) is 13.1 Å². The summed E-state index contributed by atoms with van der Waals surface area (Å²) in [6.45, 7) is 3.86. The number of hydrogen-bond acceptors (Lipinski definition) is 3. The summed E-state index contributed by atoms with van der Waals surface area (Å²) in [7, 11) is 0. The number of benzene rings is 1. The van der Waals surface area contributed by atoms with Crippen molar-refractivity contribution >= 4 is 5.91 Å². The lowest BCUT2D eigenvalue weighted by molar-refractivity contribution is 0.0741. The van der Waals surface area contributed by atoms with Gasteiger partial charge in [-0.05, 0) is 31.2 Å². The van der Waals surface area contributed by atoms with Crippen LogP contribution in [0.5, 0.6) is 0 Å². The molecule has 0 unspecified atom stereocenters. The number of hydrogen-bond donors (Lipinski definition) is 0. The third-order valence-corrected chi connectivity index (χ3v) is 4.00. The van der Waals surface area contributed by atoms with Crippen molar-refractivity contribution in [2.45, 2.75) is 32.7 Å². The smallest absolute Gasteiger partial charge is 0.276 e. The van der Waals surface area contributed by atoms with Crippen LogP contribution in [0.1, 0.15) is 42.2 Å². The van der Waals surface area contributed by atoms with Crippen LogP contribution >= 0.6 is 0 Å². The summed E-state index contributed by atoms with van der Waals surface area (Å²) in [5, 5.41) is 7.94. The molecular formula is C17H21FN4O. The largest absolute Gasteiger partial charge is 0.337 e. The third kappa shape index (κ3) is 3.94. The van der Waals surface area contributed by atoms with E-state index < -0.39 is 0 Å². The highest BCUT2D eigenvalue weighted by atomic mass is 19.1. The zero-order valence-corrected chi connectivity index (χ0v) is 13.3. The molecule has 0 atom stereocenters. The maximum absolute atomic E-state index is 13.7. The van der Waals surface area contributed by atoms with E-state index in [4.69, 9.17) is 0 Å². The van der Waals surface area contributed by atoms with Crippen LogP contribution in [-0.2, 0) is 6.54 Å². The topological polar surface area (TPSA) is 51.0 Å². The van der Waals surface area contributed by atoms with E-state index >= 15 is 0 Å². The molecule has 0 saturated heterocycles. The van der Waals surface area contributed by atoms with Crippen molar-refractivity contribution in [3.05, 3.63) is 47.5 Å². The van der Waals surface area contributed by atoms with Gasteiger partial charge >= 0.3 is 0 Å². The molecule has 1 aromatic carbocycles. The molecule has 1 fully saturated rings. The van der Waals surface area contributed by atoms with E-state index in [-0.39, 0.29) is 18.3 Å². The van der Waals surface area contributed by atoms with Crippen LogP contribution in [0.3, 0.4) is 0 Å². The highest BCUT2D eigenvalue weighted by Crippen LogP contribution is 2.30. The first-order valence-corrected chi connectivity index (χ1v) is 8.10. The maximum Gasteiger partial charge on any atom is 0.276 e. The van der Waals surface area contributed by atoms with Gasteiger partial charge < -0.3 is 4.90 Å². The van der Waals surface area contributed by atoms with E-state index in [0.29, 0.717) is 17.2 Å². The lowest BCUT2D eigenvalue weighted by atomic mass is 10.2. The minimum absolute atomic E-state index is 0.0847. The van der Waals surface area contributed by atoms with E-state index in [9.17, 15) is 9.18 Å². The molecule has 0 aliphatic heterocycles. The summed E-state index contributed by atoms with van der Waals surface area (Å²) >= 11 is 0. The Morgan fingerprint density at radius 3 is 2.87 bits per heavy atom. The molecule has 1 aliphatic carbocycles. The van der Waals surface area contributed by atoms with E-state index in [1.165, 1.54) is 23.6 Å². The molecule has 0 N–H and O–H groups in total. The second-order valence-corrected chi connectivity index (χ2v) is 6.09. The molecule has 1 aromatic heterocycles. The molecule has 1 heterocycles. The lowest BCUT2D eigenvalue weighted by Gasteiger charge is -2.20. The van der Waals surface area contributed by atoms with Gasteiger partial charge in [-0.1, -0.05) is 30.3 Å². The summed E-state index contributed by atoms with van der Waals surface area (Å²) in [6.07, 6.45) is 4.92. The van der Waals surface area contributed by atoms with Crippen LogP contribution in [0, 0.1) is 11.7 Å². The molecule has 5 nitrogen and oxygen atoms in total. The molecule has 6 heteroatoms. The first kappa shape index (κ1) is 15.6. The van der Waals surface area contributed by atoms with Gasteiger partial charge in [0.05, 0.1) is 12.7 Å². The molecule has 1 aliphatic rings. The van der Waals surface area contributed by atoms with Crippen LogP contribution in [-0.4, -0.2) is 38.9 Å². The van der Waals surface area contributed by atoms with Crippen LogP contribution in [0.2, 0.25) is 0 Å².